The number of allylic oxidation sites excluding steroid dienone is 1. The Kier molecular flexibility index (Phi) is 6.22. The zero-order chi connectivity index (χ0) is 26.1. The zero-order valence-corrected chi connectivity index (χ0v) is 20.5. The first-order chi connectivity index (χ1) is 18.6. The summed E-state index contributed by atoms with van der Waals surface area (Å²) in [6, 6.07) is 27.8. The Labute approximate surface area is 220 Å². The van der Waals surface area contributed by atoms with Crippen molar-refractivity contribution in [1.82, 2.24) is 0 Å². The molecule has 0 aromatic heterocycles. The third kappa shape index (κ3) is 4.57. The maximum Gasteiger partial charge on any atom is 0.193 e. The van der Waals surface area contributed by atoms with Gasteiger partial charge in [-0.15, -0.1) is 0 Å². The first-order valence-electron chi connectivity index (χ1n) is 12.6. The van der Waals surface area contributed by atoms with Gasteiger partial charge in [0.2, 0.25) is 0 Å². The lowest BCUT2D eigenvalue weighted by molar-refractivity contribution is -0.116. The van der Waals surface area contributed by atoms with Crippen LogP contribution in [0, 0.1) is 5.82 Å². The van der Waals surface area contributed by atoms with E-state index in [1.807, 2.05) is 48.5 Å². The number of halogens is 1. The number of carbonyl (C=O) groups excluding carboxylic acids is 2. The minimum Gasteiger partial charge on any atom is -0.454 e. The van der Waals surface area contributed by atoms with E-state index in [1.165, 1.54) is 6.07 Å². The second-order valence-electron chi connectivity index (χ2n) is 9.43. The molecule has 188 valence electrons. The number of carbonyl (C=O) groups is 2. The van der Waals surface area contributed by atoms with E-state index in [-0.39, 0.29) is 17.3 Å². The molecule has 5 nitrogen and oxygen atoms in total. The van der Waals surface area contributed by atoms with Crippen molar-refractivity contribution in [2.75, 3.05) is 10.6 Å². The largest absolute Gasteiger partial charge is 0.454 e. The van der Waals surface area contributed by atoms with Crippen molar-refractivity contribution in [3.05, 3.63) is 131 Å². The van der Waals surface area contributed by atoms with Crippen LogP contribution >= 0.6 is 0 Å². The third-order valence-corrected chi connectivity index (χ3v) is 6.91. The molecule has 0 saturated heterocycles. The maximum absolute atomic E-state index is 14.7. The number of para-hydroxylation sites is 1. The molecule has 4 aromatic carbocycles. The summed E-state index contributed by atoms with van der Waals surface area (Å²) >= 11 is 0. The van der Waals surface area contributed by atoms with Gasteiger partial charge in [-0.25, -0.2) is 4.39 Å². The molecule has 0 spiro atoms. The molecule has 2 N–H and O–H groups in total. The summed E-state index contributed by atoms with van der Waals surface area (Å²) in [5, 5.41) is 6.93. The summed E-state index contributed by atoms with van der Waals surface area (Å²) in [5.74, 6) is 0.0828. The summed E-state index contributed by atoms with van der Waals surface area (Å²) in [7, 11) is 0. The quantitative estimate of drug-likeness (QED) is 0.277. The molecule has 0 radical (unpaired) electrons. The second-order valence-corrected chi connectivity index (χ2v) is 9.43. The number of ketones is 2. The van der Waals surface area contributed by atoms with E-state index >= 15 is 0 Å². The van der Waals surface area contributed by atoms with Crippen molar-refractivity contribution >= 4 is 22.9 Å². The Morgan fingerprint density at radius 1 is 0.816 bits per heavy atom. The van der Waals surface area contributed by atoms with Crippen LogP contribution < -0.4 is 15.4 Å². The van der Waals surface area contributed by atoms with Crippen molar-refractivity contribution in [2.24, 2.45) is 0 Å². The molecular weight excluding hydrogens is 479 g/mol. The number of anilines is 2. The summed E-state index contributed by atoms with van der Waals surface area (Å²) in [6.07, 6.45) is 1.88. The number of nitrogens with one attached hydrogen (secondary N) is 2. The fraction of sp³-hybridized carbons (Fsp3) is 0.125. The molecular formula is C32H25FN2O3. The summed E-state index contributed by atoms with van der Waals surface area (Å²) in [5.41, 5.74) is 4.77. The van der Waals surface area contributed by atoms with Gasteiger partial charge >= 0.3 is 0 Å². The van der Waals surface area contributed by atoms with Gasteiger partial charge < -0.3 is 15.4 Å². The fourth-order valence-corrected chi connectivity index (χ4v) is 5.03. The third-order valence-electron chi connectivity index (χ3n) is 6.91. The van der Waals surface area contributed by atoms with Gasteiger partial charge in [0.05, 0.1) is 17.4 Å². The fourth-order valence-electron chi connectivity index (χ4n) is 5.03. The van der Waals surface area contributed by atoms with E-state index < -0.39 is 11.9 Å². The number of ether oxygens (including phenoxy) is 1. The number of hydrogen-bond donors (Lipinski definition) is 2. The number of fused-ring (bicyclic) bond motifs is 1. The van der Waals surface area contributed by atoms with Crippen molar-refractivity contribution in [3.63, 3.8) is 0 Å². The number of rotatable bonds is 5. The molecule has 2 aliphatic rings. The monoisotopic (exact) mass is 504 g/mol. The lowest BCUT2D eigenvalue weighted by atomic mass is 9.86. The van der Waals surface area contributed by atoms with Gasteiger partial charge in [-0.05, 0) is 60.9 Å². The van der Waals surface area contributed by atoms with Crippen LogP contribution in [-0.2, 0) is 4.79 Å². The van der Waals surface area contributed by atoms with Gasteiger partial charge in [-0.3, -0.25) is 9.59 Å². The van der Waals surface area contributed by atoms with Crippen molar-refractivity contribution < 1.29 is 18.7 Å². The molecule has 6 heteroatoms. The first kappa shape index (κ1) is 23.7. The predicted octanol–water partition coefficient (Wildman–Crippen LogP) is 7.43. The van der Waals surface area contributed by atoms with E-state index in [2.05, 4.69) is 10.6 Å². The average molecular weight is 505 g/mol. The molecule has 0 unspecified atom stereocenters. The highest BCUT2D eigenvalue weighted by Gasteiger charge is 2.33. The molecule has 4 aromatic rings. The van der Waals surface area contributed by atoms with Crippen LogP contribution in [0.15, 0.2) is 108 Å². The molecule has 1 heterocycles. The number of hydrogen-bond acceptors (Lipinski definition) is 5. The molecule has 1 aliphatic carbocycles. The van der Waals surface area contributed by atoms with Crippen molar-refractivity contribution in [2.45, 2.75) is 25.3 Å². The Morgan fingerprint density at radius 3 is 2.37 bits per heavy atom. The Hall–Kier alpha value is -4.71. The van der Waals surface area contributed by atoms with Crippen molar-refractivity contribution in [3.8, 4) is 11.5 Å². The standard InChI is InChI=1S/C32H25FN2O3/c33-24-16-14-21(19-29(24)38-23-10-5-2-6-11-23)31-30-26(12-7-13-28(30)36)34-27-18-22(15-17-25(27)35-31)32(37)20-8-3-1-4-9-20/h1-6,8-11,14-19,31,34-35H,7,12-13H2/t31-/m1/s1. The topological polar surface area (TPSA) is 67.4 Å². The highest BCUT2D eigenvalue weighted by atomic mass is 19.1. The van der Waals surface area contributed by atoms with Gasteiger partial charge in [0.1, 0.15) is 5.75 Å². The van der Waals surface area contributed by atoms with Gasteiger partial charge in [0, 0.05) is 28.8 Å². The highest BCUT2D eigenvalue weighted by Crippen LogP contribution is 2.42. The summed E-state index contributed by atoms with van der Waals surface area (Å²) in [4.78, 5) is 26.3. The second kappa shape index (κ2) is 9.98. The molecule has 6 rings (SSSR count). The summed E-state index contributed by atoms with van der Waals surface area (Å²) in [6.45, 7) is 0. The molecule has 1 aliphatic heterocycles. The molecule has 0 fully saturated rings. The highest BCUT2D eigenvalue weighted by molar-refractivity contribution is 6.10. The molecule has 1 atom stereocenters. The van der Waals surface area contributed by atoms with E-state index in [0.717, 1.165) is 23.5 Å². The number of benzene rings is 4. The van der Waals surface area contributed by atoms with Crippen molar-refractivity contribution in [1.29, 1.82) is 0 Å². The first-order valence-corrected chi connectivity index (χ1v) is 12.6. The van der Waals surface area contributed by atoms with E-state index in [1.54, 1.807) is 42.5 Å². The van der Waals surface area contributed by atoms with E-state index in [4.69, 9.17) is 4.74 Å². The van der Waals surface area contributed by atoms with Crippen LogP contribution in [0.3, 0.4) is 0 Å². The minimum atomic E-state index is -0.513. The molecule has 0 bridgehead atoms. The van der Waals surface area contributed by atoms with Gasteiger partial charge in [-0.1, -0.05) is 54.6 Å². The van der Waals surface area contributed by atoms with Crippen LogP contribution in [0.2, 0.25) is 0 Å². The maximum atomic E-state index is 14.7. The Morgan fingerprint density at radius 2 is 1.58 bits per heavy atom. The Balaban J connectivity index is 1.40. The van der Waals surface area contributed by atoms with Crippen LogP contribution in [0.1, 0.15) is 46.8 Å². The normalized spacial score (nSPS) is 16.4. The van der Waals surface area contributed by atoms with Gasteiger partial charge in [0.25, 0.3) is 0 Å². The SMILES string of the molecule is O=C1CCCC2=C1[C@@H](c1ccc(F)c(Oc3ccccc3)c1)Nc1ccc(C(=O)c3ccccc3)cc1N2. The van der Waals surface area contributed by atoms with Crippen LogP contribution in [-0.4, -0.2) is 11.6 Å². The van der Waals surface area contributed by atoms with Gasteiger partial charge in [0.15, 0.2) is 23.1 Å². The molecule has 0 saturated carbocycles. The minimum absolute atomic E-state index is 0.0412. The van der Waals surface area contributed by atoms with Crippen LogP contribution in [0.5, 0.6) is 11.5 Å². The average Bonchev–Trinajstić information content (AvgIpc) is 3.12. The Bertz CT molecular complexity index is 1560. The predicted molar refractivity (Wildman–Crippen MR) is 145 cm³/mol. The summed E-state index contributed by atoms with van der Waals surface area (Å²) < 4.78 is 20.6. The van der Waals surface area contributed by atoms with E-state index in [0.29, 0.717) is 40.9 Å². The lowest BCUT2D eigenvalue weighted by Gasteiger charge is -2.25. The number of Topliss-reactive ketones (excluding diaryl/α,β-unsaturated/α-hetero) is 1. The molecule has 38 heavy (non-hydrogen) atoms. The van der Waals surface area contributed by atoms with Gasteiger partial charge in [-0.2, -0.15) is 0 Å². The van der Waals surface area contributed by atoms with E-state index in [9.17, 15) is 14.0 Å². The lowest BCUT2D eigenvalue weighted by Crippen LogP contribution is -2.23. The van der Waals surface area contributed by atoms with Crippen LogP contribution in [0.4, 0.5) is 15.8 Å². The molecule has 0 amide bonds. The smallest absolute Gasteiger partial charge is 0.193 e. The zero-order valence-electron chi connectivity index (χ0n) is 20.5. The van der Waals surface area contributed by atoms with Crippen LogP contribution in [0.25, 0.3) is 0 Å².